The Hall–Kier alpha value is -1.85. The van der Waals surface area contributed by atoms with E-state index in [4.69, 9.17) is 9.47 Å². The molecule has 1 fully saturated rings. The van der Waals surface area contributed by atoms with E-state index in [9.17, 15) is 30.3 Å². The number of carbonyl (C=O) groups is 1. The van der Waals surface area contributed by atoms with Gasteiger partial charge in [0.2, 0.25) is 5.91 Å². The number of aliphatic hydroxyl groups excluding tert-OH is 5. The molecule has 1 saturated heterocycles. The Morgan fingerprint density at radius 2 is 1.05 bits per heavy atom. The lowest BCUT2D eigenvalue weighted by Crippen LogP contribution is -2.60. The van der Waals surface area contributed by atoms with Gasteiger partial charge < -0.3 is 40.3 Å². The molecule has 0 bridgehead atoms. The fourth-order valence-corrected chi connectivity index (χ4v) is 7.52. The molecule has 6 N–H and O–H groups in total. The van der Waals surface area contributed by atoms with E-state index in [0.29, 0.717) is 6.42 Å². The monoisotopic (exact) mass is 834 g/mol. The SMILES string of the molecule is CC/C=C\C/C=C\C/C=C\CCCCCCCCCC(=O)NC(COC1OC(CO)C(O)C(O)C1O)C(O)/C=C/CCCCCCCCCCCCCCCCCCC. The van der Waals surface area contributed by atoms with Crippen molar-refractivity contribution in [1.82, 2.24) is 5.32 Å². The predicted molar refractivity (Wildman–Crippen MR) is 244 cm³/mol. The Kier molecular flexibility index (Phi) is 37.6. The van der Waals surface area contributed by atoms with Crippen molar-refractivity contribution < 1.29 is 39.8 Å². The van der Waals surface area contributed by atoms with Crippen LogP contribution in [0.3, 0.4) is 0 Å². The minimum absolute atomic E-state index is 0.188. The molecule has 0 aromatic carbocycles. The molecule has 9 nitrogen and oxygen atoms in total. The van der Waals surface area contributed by atoms with Gasteiger partial charge in [-0.1, -0.05) is 197 Å². The van der Waals surface area contributed by atoms with Crippen LogP contribution < -0.4 is 5.32 Å². The predicted octanol–water partition coefficient (Wildman–Crippen LogP) is 10.6. The molecule has 9 heteroatoms. The lowest BCUT2D eigenvalue weighted by atomic mass is 9.99. The molecule has 344 valence electrons. The Bertz CT molecular complexity index is 1060. The van der Waals surface area contributed by atoms with Gasteiger partial charge in [-0.3, -0.25) is 4.79 Å². The zero-order valence-electron chi connectivity index (χ0n) is 37.7. The fourth-order valence-electron chi connectivity index (χ4n) is 7.52. The molecule has 1 rings (SSSR count). The number of nitrogens with one attached hydrogen (secondary N) is 1. The largest absolute Gasteiger partial charge is 0.394 e. The molecule has 0 aliphatic carbocycles. The second-order valence-corrected chi connectivity index (χ2v) is 16.9. The van der Waals surface area contributed by atoms with Crippen LogP contribution in [0.4, 0.5) is 0 Å². The van der Waals surface area contributed by atoms with Crippen LogP contribution in [0.25, 0.3) is 0 Å². The number of hydrogen-bond donors (Lipinski definition) is 6. The third-order valence-corrected chi connectivity index (χ3v) is 11.4. The molecule has 0 radical (unpaired) electrons. The van der Waals surface area contributed by atoms with E-state index in [1.165, 1.54) is 116 Å². The van der Waals surface area contributed by atoms with Gasteiger partial charge in [0.25, 0.3) is 0 Å². The topological polar surface area (TPSA) is 149 Å². The van der Waals surface area contributed by atoms with Crippen LogP contribution in [-0.4, -0.2) is 87.5 Å². The molecule has 7 unspecified atom stereocenters. The highest BCUT2D eigenvalue weighted by Gasteiger charge is 2.44. The molecular formula is C50H91NO8. The highest BCUT2D eigenvalue weighted by atomic mass is 16.7. The van der Waals surface area contributed by atoms with Crippen LogP contribution in [0.5, 0.6) is 0 Å². The average molecular weight is 834 g/mol. The van der Waals surface area contributed by atoms with Crippen molar-refractivity contribution in [2.75, 3.05) is 13.2 Å². The van der Waals surface area contributed by atoms with Crippen molar-refractivity contribution in [3.05, 3.63) is 48.6 Å². The first-order valence-corrected chi connectivity index (χ1v) is 24.4. The molecule has 1 aliphatic heterocycles. The summed E-state index contributed by atoms with van der Waals surface area (Å²) < 4.78 is 11.2. The number of hydrogen-bond acceptors (Lipinski definition) is 8. The number of rotatable bonds is 40. The number of unbranched alkanes of at least 4 members (excludes halogenated alkanes) is 24. The maximum absolute atomic E-state index is 13.0. The maximum atomic E-state index is 13.0. The average Bonchev–Trinajstić information content (AvgIpc) is 3.23. The summed E-state index contributed by atoms with van der Waals surface area (Å²) in [4.78, 5) is 13.0. The maximum Gasteiger partial charge on any atom is 0.220 e. The van der Waals surface area contributed by atoms with Crippen molar-refractivity contribution in [2.45, 2.75) is 249 Å². The number of aliphatic hydroxyl groups is 5. The van der Waals surface area contributed by atoms with E-state index in [-0.39, 0.29) is 12.5 Å². The zero-order chi connectivity index (χ0) is 43.0. The second-order valence-electron chi connectivity index (χ2n) is 16.9. The number of allylic oxidation sites excluding steroid dienone is 7. The Morgan fingerprint density at radius 1 is 0.593 bits per heavy atom. The van der Waals surface area contributed by atoms with E-state index in [2.05, 4.69) is 55.6 Å². The molecular weight excluding hydrogens is 743 g/mol. The van der Waals surface area contributed by atoms with Gasteiger partial charge in [-0.15, -0.1) is 0 Å². The third kappa shape index (κ3) is 30.8. The fraction of sp³-hybridized carbons (Fsp3) is 0.820. The normalized spacial score (nSPS) is 21.1. The zero-order valence-corrected chi connectivity index (χ0v) is 37.7. The first-order chi connectivity index (χ1) is 28.8. The van der Waals surface area contributed by atoms with Gasteiger partial charge in [0.15, 0.2) is 6.29 Å². The van der Waals surface area contributed by atoms with E-state index >= 15 is 0 Å². The van der Waals surface area contributed by atoms with E-state index in [1.807, 2.05) is 6.08 Å². The van der Waals surface area contributed by atoms with Crippen molar-refractivity contribution in [2.24, 2.45) is 0 Å². The summed E-state index contributed by atoms with van der Waals surface area (Å²) in [5.41, 5.74) is 0. The van der Waals surface area contributed by atoms with Crippen LogP contribution in [0.15, 0.2) is 48.6 Å². The lowest BCUT2D eigenvalue weighted by molar-refractivity contribution is -0.302. The van der Waals surface area contributed by atoms with Crippen molar-refractivity contribution in [1.29, 1.82) is 0 Å². The van der Waals surface area contributed by atoms with Gasteiger partial charge in [0.1, 0.15) is 24.4 Å². The number of ether oxygens (including phenoxy) is 2. The highest BCUT2D eigenvalue weighted by molar-refractivity contribution is 5.76. The smallest absolute Gasteiger partial charge is 0.220 e. The van der Waals surface area contributed by atoms with Gasteiger partial charge in [-0.05, 0) is 51.4 Å². The molecule has 0 aromatic rings. The molecule has 1 heterocycles. The molecule has 1 aliphatic rings. The number of amides is 1. The van der Waals surface area contributed by atoms with Crippen LogP contribution in [-0.2, 0) is 14.3 Å². The Labute approximate surface area is 361 Å². The first-order valence-electron chi connectivity index (χ1n) is 24.4. The summed E-state index contributed by atoms with van der Waals surface area (Å²) in [6, 6.07) is -0.810. The quantitative estimate of drug-likeness (QED) is 0.0264. The third-order valence-electron chi connectivity index (χ3n) is 11.4. The summed E-state index contributed by atoms with van der Waals surface area (Å²) >= 11 is 0. The molecule has 0 aromatic heterocycles. The minimum Gasteiger partial charge on any atom is -0.394 e. The molecule has 59 heavy (non-hydrogen) atoms. The van der Waals surface area contributed by atoms with Crippen LogP contribution in [0.1, 0.15) is 206 Å². The van der Waals surface area contributed by atoms with E-state index < -0.39 is 49.5 Å². The van der Waals surface area contributed by atoms with Gasteiger partial charge in [0.05, 0.1) is 25.4 Å². The van der Waals surface area contributed by atoms with E-state index in [1.54, 1.807) is 6.08 Å². The molecule has 1 amide bonds. The van der Waals surface area contributed by atoms with Gasteiger partial charge in [-0.25, -0.2) is 0 Å². The van der Waals surface area contributed by atoms with Crippen molar-refractivity contribution in [3.8, 4) is 0 Å². The summed E-state index contributed by atoms with van der Waals surface area (Å²) in [5.74, 6) is -0.188. The van der Waals surface area contributed by atoms with Gasteiger partial charge in [-0.2, -0.15) is 0 Å². The first kappa shape index (κ1) is 55.2. The van der Waals surface area contributed by atoms with Crippen LogP contribution in [0, 0.1) is 0 Å². The summed E-state index contributed by atoms with van der Waals surface area (Å²) in [7, 11) is 0. The summed E-state index contributed by atoms with van der Waals surface area (Å²) in [6.07, 6.45) is 44.4. The lowest BCUT2D eigenvalue weighted by Gasteiger charge is -2.40. The number of carbonyl (C=O) groups excluding carboxylic acids is 1. The molecule has 0 saturated carbocycles. The minimum atomic E-state index is -1.57. The standard InChI is InChI=1S/C50H91NO8/c1-3-5-7-9-11-13-15-17-19-21-22-24-25-27-29-31-33-35-37-39-44(53)43(42-58-50-49(57)48(56)47(55)45(41-52)59-50)51-46(54)40-38-36-34-32-30-28-26-23-20-18-16-14-12-10-8-6-4-2/h6,8,12,14,18,20,37,39,43-45,47-50,52-53,55-57H,3-5,7,9-11,13,15-17,19,21-36,38,40-42H2,1-2H3,(H,51,54)/b8-6-,14-12-,20-18-,39-37+. The highest BCUT2D eigenvalue weighted by Crippen LogP contribution is 2.23. The van der Waals surface area contributed by atoms with Crippen molar-refractivity contribution in [3.63, 3.8) is 0 Å². The van der Waals surface area contributed by atoms with Gasteiger partial charge in [0, 0.05) is 6.42 Å². The Balaban J connectivity index is 2.34. The molecule has 0 spiro atoms. The van der Waals surface area contributed by atoms with Crippen molar-refractivity contribution >= 4 is 5.91 Å². The molecule has 7 atom stereocenters. The summed E-state index contributed by atoms with van der Waals surface area (Å²) in [5, 5.41) is 54.3. The Morgan fingerprint density at radius 3 is 1.56 bits per heavy atom. The van der Waals surface area contributed by atoms with Gasteiger partial charge >= 0.3 is 0 Å². The second kappa shape index (κ2) is 40.2. The van der Waals surface area contributed by atoms with Crippen LogP contribution >= 0.6 is 0 Å². The van der Waals surface area contributed by atoms with E-state index in [0.717, 1.165) is 70.6 Å². The van der Waals surface area contributed by atoms with Crippen LogP contribution in [0.2, 0.25) is 0 Å². The summed E-state index contributed by atoms with van der Waals surface area (Å²) in [6.45, 7) is 3.66.